The summed E-state index contributed by atoms with van der Waals surface area (Å²) in [6.45, 7) is 3.18. The molecule has 0 radical (unpaired) electrons. The Balaban J connectivity index is 3.51. The van der Waals surface area contributed by atoms with Crippen LogP contribution in [0, 0.1) is 0 Å². The van der Waals surface area contributed by atoms with E-state index < -0.39 is 26.5 Å². The van der Waals surface area contributed by atoms with E-state index in [0.29, 0.717) is 12.8 Å². The van der Waals surface area contributed by atoms with E-state index in [2.05, 4.69) is 12.2 Å². The van der Waals surface area contributed by atoms with E-state index in [1.54, 1.807) is 0 Å². The van der Waals surface area contributed by atoms with Crippen molar-refractivity contribution in [2.24, 2.45) is 0 Å². The molecule has 1 amide bonds. The Morgan fingerprint density at radius 1 is 0.692 bits per heavy atom. The third-order valence-electron chi connectivity index (χ3n) is 6.51. The monoisotopic (exact) mass is 579 g/mol. The third kappa shape index (κ3) is 28.3. The molecule has 0 saturated carbocycles. The van der Waals surface area contributed by atoms with Crippen LogP contribution < -0.4 is 5.32 Å². The third-order valence-corrected chi connectivity index (χ3v) is 7.49. The molecule has 0 rings (SSSR count). The molecule has 232 valence electrons. The zero-order valence-corrected chi connectivity index (χ0v) is 25.7. The highest BCUT2D eigenvalue weighted by molar-refractivity contribution is 7.47. The molecule has 0 bridgehead atoms. The molecule has 2 atom stereocenters. The molecular formula is C29H58NO8P. The van der Waals surface area contributed by atoms with E-state index in [-0.39, 0.29) is 32.1 Å². The van der Waals surface area contributed by atoms with Crippen molar-refractivity contribution in [3.8, 4) is 0 Å². The second kappa shape index (κ2) is 27.2. The molecular weight excluding hydrogens is 521 g/mol. The minimum absolute atomic E-state index is 0.0757. The molecule has 0 aromatic carbocycles. The number of hydrogen-bond donors (Lipinski definition) is 3. The molecule has 0 saturated heterocycles. The van der Waals surface area contributed by atoms with Gasteiger partial charge in [-0.3, -0.25) is 18.6 Å². The van der Waals surface area contributed by atoms with Crippen molar-refractivity contribution in [3.05, 3.63) is 0 Å². The number of carbonyl (C=O) groups excluding carboxylic acids is 2. The Morgan fingerprint density at radius 3 is 1.67 bits per heavy atom. The fraction of sp³-hybridized carbons (Fsp3) is 0.931. The number of ether oxygens (including phenoxy) is 1. The van der Waals surface area contributed by atoms with Gasteiger partial charge in [-0.15, -0.1) is 0 Å². The summed E-state index contributed by atoms with van der Waals surface area (Å²) in [6.07, 6.45) is 21.8. The molecule has 39 heavy (non-hydrogen) atoms. The molecule has 2 unspecified atom stereocenters. The van der Waals surface area contributed by atoms with Gasteiger partial charge in [-0.05, 0) is 12.8 Å². The highest BCUT2D eigenvalue weighted by atomic mass is 31.2. The molecule has 0 aromatic rings. The maximum Gasteiger partial charge on any atom is 0.472 e. The molecule has 0 aromatic heterocycles. The average molecular weight is 580 g/mol. The lowest BCUT2D eigenvalue weighted by Gasteiger charge is -2.15. The van der Waals surface area contributed by atoms with Crippen LogP contribution in [0.4, 0.5) is 0 Å². The second-order valence-electron chi connectivity index (χ2n) is 10.4. The van der Waals surface area contributed by atoms with Crippen LogP contribution in [0.1, 0.15) is 142 Å². The second-order valence-corrected chi connectivity index (χ2v) is 11.9. The number of esters is 1. The molecule has 9 nitrogen and oxygen atoms in total. The summed E-state index contributed by atoms with van der Waals surface area (Å²) in [5.74, 6) is -0.567. The van der Waals surface area contributed by atoms with Gasteiger partial charge in [0.1, 0.15) is 12.7 Å². The lowest BCUT2D eigenvalue weighted by atomic mass is 10.0. The Labute approximate surface area is 237 Å². The van der Waals surface area contributed by atoms with Crippen molar-refractivity contribution in [1.29, 1.82) is 0 Å². The smallest absolute Gasteiger partial charge is 0.463 e. The number of carbonyl (C=O) groups is 2. The quantitative estimate of drug-likeness (QED) is 0.0491. The minimum atomic E-state index is -4.37. The number of rotatable bonds is 29. The highest BCUT2D eigenvalue weighted by Crippen LogP contribution is 2.42. The van der Waals surface area contributed by atoms with Gasteiger partial charge >= 0.3 is 13.8 Å². The first-order chi connectivity index (χ1) is 18.8. The van der Waals surface area contributed by atoms with Gasteiger partial charge in [0.05, 0.1) is 13.2 Å². The van der Waals surface area contributed by atoms with E-state index in [1.807, 2.05) is 6.92 Å². The van der Waals surface area contributed by atoms with Crippen LogP contribution in [0.2, 0.25) is 0 Å². The molecule has 0 aliphatic heterocycles. The Hall–Kier alpha value is -0.990. The number of nitrogens with one attached hydrogen (secondary N) is 1. The number of aliphatic hydroxyl groups is 1. The molecule has 3 N–H and O–H groups in total. The van der Waals surface area contributed by atoms with Gasteiger partial charge in [0.2, 0.25) is 5.91 Å². The number of unbranched alkanes of at least 4 members (excludes halogenated alkanes) is 16. The standard InChI is InChI=1S/C29H58NO8P/c1-3-5-6-7-8-9-10-11-12-13-14-15-16-17-18-19-20-22-29(33)36-25-27(31)26-38-39(34,35)37-24-23-30-28(32)21-4-2/h27,31H,3-26H2,1-2H3,(H,30,32)(H,34,35). The number of hydrogen-bond acceptors (Lipinski definition) is 7. The number of phosphoric ester groups is 1. The predicted molar refractivity (Wildman–Crippen MR) is 155 cm³/mol. The normalized spacial score (nSPS) is 13.6. The van der Waals surface area contributed by atoms with Crippen molar-refractivity contribution in [1.82, 2.24) is 5.32 Å². The van der Waals surface area contributed by atoms with E-state index in [4.69, 9.17) is 13.8 Å². The topological polar surface area (TPSA) is 131 Å². The van der Waals surface area contributed by atoms with Gasteiger partial charge in [0.15, 0.2) is 0 Å². The van der Waals surface area contributed by atoms with Crippen molar-refractivity contribution in [2.75, 3.05) is 26.4 Å². The zero-order valence-electron chi connectivity index (χ0n) is 24.8. The Kier molecular flexibility index (Phi) is 26.5. The van der Waals surface area contributed by atoms with Crippen molar-refractivity contribution in [3.63, 3.8) is 0 Å². The maximum atomic E-state index is 11.8. The summed E-state index contributed by atoms with van der Waals surface area (Å²) in [5.41, 5.74) is 0. The van der Waals surface area contributed by atoms with Crippen molar-refractivity contribution < 1.29 is 37.9 Å². The summed E-state index contributed by atoms with van der Waals surface area (Å²) in [5, 5.41) is 12.4. The van der Waals surface area contributed by atoms with Gasteiger partial charge in [-0.1, -0.05) is 117 Å². The van der Waals surface area contributed by atoms with Crippen LogP contribution in [-0.4, -0.2) is 54.3 Å². The van der Waals surface area contributed by atoms with Gasteiger partial charge in [0.25, 0.3) is 0 Å². The predicted octanol–water partition coefficient (Wildman–Crippen LogP) is 6.98. The van der Waals surface area contributed by atoms with Crippen LogP contribution in [-0.2, 0) is 27.9 Å². The summed E-state index contributed by atoms with van der Waals surface area (Å²) in [4.78, 5) is 32.8. The van der Waals surface area contributed by atoms with Crippen LogP contribution in [0.15, 0.2) is 0 Å². The van der Waals surface area contributed by atoms with Crippen LogP contribution in [0.25, 0.3) is 0 Å². The Bertz CT molecular complexity index is 634. The lowest BCUT2D eigenvalue weighted by Crippen LogP contribution is -2.27. The number of amides is 1. The number of aliphatic hydroxyl groups excluding tert-OH is 1. The van der Waals surface area contributed by atoms with Crippen LogP contribution in [0.5, 0.6) is 0 Å². The van der Waals surface area contributed by atoms with Crippen molar-refractivity contribution in [2.45, 2.75) is 148 Å². The van der Waals surface area contributed by atoms with Gasteiger partial charge in [0, 0.05) is 19.4 Å². The fourth-order valence-electron chi connectivity index (χ4n) is 4.19. The van der Waals surface area contributed by atoms with Crippen LogP contribution in [0.3, 0.4) is 0 Å². The van der Waals surface area contributed by atoms with E-state index in [9.17, 15) is 24.2 Å². The van der Waals surface area contributed by atoms with E-state index in [1.165, 1.54) is 89.9 Å². The first-order valence-electron chi connectivity index (χ1n) is 15.5. The molecule has 0 aliphatic rings. The summed E-state index contributed by atoms with van der Waals surface area (Å²) >= 11 is 0. The first-order valence-corrected chi connectivity index (χ1v) is 17.0. The van der Waals surface area contributed by atoms with Gasteiger partial charge in [-0.2, -0.15) is 0 Å². The maximum absolute atomic E-state index is 11.8. The molecule has 0 aliphatic carbocycles. The molecule has 0 spiro atoms. The average Bonchev–Trinajstić information content (AvgIpc) is 2.90. The molecule has 0 heterocycles. The summed E-state index contributed by atoms with van der Waals surface area (Å²) in [6, 6.07) is 0. The van der Waals surface area contributed by atoms with Gasteiger partial charge < -0.3 is 20.1 Å². The highest BCUT2D eigenvalue weighted by Gasteiger charge is 2.23. The Morgan fingerprint density at radius 2 is 1.18 bits per heavy atom. The molecule has 0 fully saturated rings. The van der Waals surface area contributed by atoms with Crippen LogP contribution >= 0.6 is 7.82 Å². The van der Waals surface area contributed by atoms with Gasteiger partial charge in [-0.25, -0.2) is 4.57 Å². The van der Waals surface area contributed by atoms with E-state index in [0.717, 1.165) is 19.3 Å². The molecule has 10 heteroatoms. The fourth-order valence-corrected chi connectivity index (χ4v) is 4.95. The summed E-state index contributed by atoms with van der Waals surface area (Å²) < 4.78 is 26.3. The largest absolute Gasteiger partial charge is 0.472 e. The first kappa shape index (κ1) is 38.0. The number of phosphoric acid groups is 1. The van der Waals surface area contributed by atoms with Crippen molar-refractivity contribution >= 4 is 19.7 Å². The SMILES string of the molecule is CCCCCCCCCCCCCCCCCCCC(=O)OCC(O)COP(=O)(O)OCCNC(=O)CCC. The zero-order chi connectivity index (χ0) is 29.0. The minimum Gasteiger partial charge on any atom is -0.463 e. The lowest BCUT2D eigenvalue weighted by molar-refractivity contribution is -0.147. The summed E-state index contributed by atoms with van der Waals surface area (Å²) in [7, 11) is -4.37. The van der Waals surface area contributed by atoms with E-state index >= 15 is 0 Å².